The van der Waals surface area contributed by atoms with Crippen molar-refractivity contribution in [3.8, 4) is 39.6 Å². The van der Waals surface area contributed by atoms with Gasteiger partial charge in [0.05, 0.1) is 22.4 Å². The second-order valence-electron chi connectivity index (χ2n) is 13.6. The molecule has 0 fully saturated rings. The number of para-hydroxylation sites is 2. The Labute approximate surface area is 296 Å². The molecule has 0 N–H and O–H groups in total. The first-order valence-corrected chi connectivity index (χ1v) is 17.6. The van der Waals surface area contributed by atoms with Gasteiger partial charge in [0.2, 0.25) is 0 Å². The van der Waals surface area contributed by atoms with Gasteiger partial charge in [-0.15, -0.1) is 0 Å². The van der Waals surface area contributed by atoms with Gasteiger partial charge in [-0.1, -0.05) is 110 Å². The Morgan fingerprint density at radius 1 is 0.588 bits per heavy atom. The second kappa shape index (κ2) is 11.8. The number of anilines is 1. The molecule has 0 saturated carbocycles. The van der Waals surface area contributed by atoms with E-state index in [1.54, 1.807) is 0 Å². The molecule has 1 aliphatic heterocycles. The minimum atomic E-state index is 0.408. The van der Waals surface area contributed by atoms with Gasteiger partial charge >= 0.3 is 0 Å². The lowest BCUT2D eigenvalue weighted by Gasteiger charge is -2.31. The maximum absolute atomic E-state index is 5.06. The third-order valence-corrected chi connectivity index (χ3v) is 10.3. The van der Waals surface area contributed by atoms with Crippen LogP contribution in [0.1, 0.15) is 18.9 Å². The quantitative estimate of drug-likeness (QED) is 0.185. The lowest BCUT2D eigenvalue weighted by atomic mass is 9.89. The Morgan fingerprint density at radius 2 is 1.22 bits per heavy atom. The monoisotopic (exact) mass is 654 g/mol. The predicted molar refractivity (Wildman–Crippen MR) is 212 cm³/mol. The van der Waals surface area contributed by atoms with Crippen LogP contribution >= 0.6 is 0 Å². The van der Waals surface area contributed by atoms with Gasteiger partial charge in [0.25, 0.3) is 0 Å². The Hall–Kier alpha value is -6.52. The average molecular weight is 655 g/mol. The fourth-order valence-electron chi connectivity index (χ4n) is 7.99. The van der Waals surface area contributed by atoms with E-state index in [1.807, 2.05) is 12.1 Å². The van der Waals surface area contributed by atoms with Crippen LogP contribution in [0.25, 0.3) is 79.2 Å². The van der Waals surface area contributed by atoms with Gasteiger partial charge in [0.1, 0.15) is 0 Å². The van der Waals surface area contributed by atoms with Crippen LogP contribution in [0, 0.1) is 5.92 Å². The highest BCUT2D eigenvalue weighted by molar-refractivity contribution is 6.13. The van der Waals surface area contributed by atoms with E-state index < -0.39 is 0 Å². The molecule has 8 aromatic rings. The van der Waals surface area contributed by atoms with Crippen LogP contribution in [-0.2, 0) is 0 Å². The normalized spacial score (nSPS) is 14.9. The van der Waals surface area contributed by atoms with Gasteiger partial charge < -0.3 is 9.47 Å². The summed E-state index contributed by atoms with van der Waals surface area (Å²) in [5.74, 6) is 1.13. The molecule has 0 radical (unpaired) electrons. The van der Waals surface area contributed by atoms with Crippen molar-refractivity contribution in [2.75, 3.05) is 4.90 Å². The number of hydrogen-bond donors (Lipinski definition) is 0. The molecule has 2 aromatic heterocycles. The maximum Gasteiger partial charge on any atom is 0.160 e. The molecule has 10 rings (SSSR count). The van der Waals surface area contributed by atoms with Crippen molar-refractivity contribution in [3.05, 3.63) is 174 Å². The van der Waals surface area contributed by atoms with E-state index in [-0.39, 0.29) is 0 Å². The summed E-state index contributed by atoms with van der Waals surface area (Å²) >= 11 is 0. The second-order valence-corrected chi connectivity index (χ2v) is 13.6. The summed E-state index contributed by atoms with van der Waals surface area (Å²) < 4.78 is 2.42. The van der Waals surface area contributed by atoms with E-state index in [1.165, 1.54) is 49.2 Å². The standard InChI is InChI=1S/C47H34N4/c1-31-27-35-29-44-46(38-19-11-12-20-42(38)51(44)37-17-9-4-10-18-37)39-25-26-50(43(28-31)45(35)39)36-23-21-34(22-24-36)47-48-40(32-13-5-2-6-14-32)30-41(49-47)33-15-7-3-8-16-33/h2-27,29-31H,28H2,1H3. The molecule has 0 saturated heterocycles. The molecule has 0 spiro atoms. The van der Waals surface area contributed by atoms with Crippen LogP contribution < -0.4 is 15.3 Å². The first-order chi connectivity index (χ1) is 25.2. The van der Waals surface area contributed by atoms with Crippen LogP contribution in [-0.4, -0.2) is 14.5 Å². The maximum atomic E-state index is 5.06. The molecular formula is C47H34N4. The summed E-state index contributed by atoms with van der Waals surface area (Å²) in [5, 5.41) is 5.23. The molecule has 1 atom stereocenters. The average Bonchev–Trinajstić information content (AvgIpc) is 3.53. The summed E-state index contributed by atoms with van der Waals surface area (Å²) in [7, 11) is 0. The molecule has 0 amide bonds. The van der Waals surface area contributed by atoms with Crippen molar-refractivity contribution in [3.63, 3.8) is 0 Å². The largest absolute Gasteiger partial charge is 0.320 e. The Kier molecular flexibility index (Phi) is 6.81. The highest BCUT2D eigenvalue weighted by Gasteiger charge is 2.25. The smallest absolute Gasteiger partial charge is 0.160 e. The van der Waals surface area contributed by atoms with Crippen molar-refractivity contribution in [1.29, 1.82) is 0 Å². The van der Waals surface area contributed by atoms with E-state index in [4.69, 9.17) is 9.97 Å². The molecule has 51 heavy (non-hydrogen) atoms. The van der Waals surface area contributed by atoms with Crippen molar-refractivity contribution in [2.24, 2.45) is 5.92 Å². The fourth-order valence-corrected chi connectivity index (χ4v) is 7.99. The lowest BCUT2D eigenvalue weighted by molar-refractivity contribution is 0.771. The number of benzene rings is 6. The van der Waals surface area contributed by atoms with E-state index >= 15 is 0 Å². The molecule has 0 bridgehead atoms. The van der Waals surface area contributed by atoms with E-state index in [0.717, 1.165) is 40.2 Å². The number of aromatic nitrogens is 3. The van der Waals surface area contributed by atoms with Gasteiger partial charge in [-0.25, -0.2) is 9.97 Å². The first kappa shape index (κ1) is 29.4. The minimum absolute atomic E-state index is 0.408. The molecule has 242 valence electrons. The Balaban J connectivity index is 1.11. The highest BCUT2D eigenvalue weighted by atomic mass is 15.1. The zero-order chi connectivity index (χ0) is 33.9. The minimum Gasteiger partial charge on any atom is -0.320 e. The molecule has 3 heterocycles. The van der Waals surface area contributed by atoms with Crippen molar-refractivity contribution in [2.45, 2.75) is 13.3 Å². The molecule has 4 heteroatoms. The van der Waals surface area contributed by atoms with E-state index in [9.17, 15) is 0 Å². The summed E-state index contributed by atoms with van der Waals surface area (Å²) in [6.07, 6.45) is 8.01. The topological polar surface area (TPSA) is 34.0 Å². The van der Waals surface area contributed by atoms with Crippen molar-refractivity contribution in [1.82, 2.24) is 14.5 Å². The summed E-state index contributed by atoms with van der Waals surface area (Å²) in [6.45, 7) is 2.33. The molecule has 2 aliphatic rings. The van der Waals surface area contributed by atoms with Gasteiger partial charge in [-0.05, 0) is 83.8 Å². The van der Waals surface area contributed by atoms with Gasteiger partial charge in [-0.2, -0.15) is 0 Å². The first-order valence-electron chi connectivity index (χ1n) is 17.6. The molecular weight excluding hydrogens is 621 g/mol. The van der Waals surface area contributed by atoms with Crippen LogP contribution in [0.5, 0.6) is 0 Å². The third-order valence-electron chi connectivity index (χ3n) is 10.3. The van der Waals surface area contributed by atoms with Crippen LogP contribution in [0.2, 0.25) is 0 Å². The SMILES string of the molecule is CC1C=c2cc3c(c4c2=C(C1)N(c1ccc(-c2nc(-c5ccccc5)cc(-c5ccccc5)n2)cc1)C=C4)c1ccccc1n3-c1ccccc1. The van der Waals surface area contributed by atoms with Crippen molar-refractivity contribution < 1.29 is 0 Å². The summed E-state index contributed by atoms with van der Waals surface area (Å²) in [4.78, 5) is 12.5. The van der Waals surface area contributed by atoms with E-state index in [2.05, 4.69) is 174 Å². The van der Waals surface area contributed by atoms with Crippen LogP contribution in [0.4, 0.5) is 5.69 Å². The summed E-state index contributed by atoms with van der Waals surface area (Å²) in [5.41, 5.74) is 12.4. The third kappa shape index (κ3) is 4.91. The Morgan fingerprint density at radius 3 is 1.90 bits per heavy atom. The lowest BCUT2D eigenvalue weighted by Crippen LogP contribution is -2.40. The van der Waals surface area contributed by atoms with E-state index in [0.29, 0.717) is 11.7 Å². The summed E-state index contributed by atoms with van der Waals surface area (Å²) in [6, 6.07) is 53.5. The molecule has 4 nitrogen and oxygen atoms in total. The van der Waals surface area contributed by atoms with Crippen LogP contribution in [0.15, 0.2) is 158 Å². The molecule has 6 aromatic carbocycles. The van der Waals surface area contributed by atoms with Gasteiger partial charge in [0.15, 0.2) is 5.82 Å². The highest BCUT2D eigenvalue weighted by Crippen LogP contribution is 2.37. The number of nitrogens with zero attached hydrogens (tertiary/aromatic N) is 4. The number of fused-ring (bicyclic) bond motifs is 4. The van der Waals surface area contributed by atoms with Gasteiger partial charge in [0, 0.05) is 56.0 Å². The fraction of sp³-hybridized carbons (Fsp3) is 0.0638. The zero-order valence-electron chi connectivity index (χ0n) is 28.2. The number of rotatable bonds is 5. The van der Waals surface area contributed by atoms with Gasteiger partial charge in [-0.3, -0.25) is 0 Å². The van der Waals surface area contributed by atoms with Crippen molar-refractivity contribution >= 4 is 45.3 Å². The number of hydrogen-bond acceptors (Lipinski definition) is 3. The predicted octanol–water partition coefficient (Wildman–Crippen LogP) is 9.99. The zero-order valence-corrected chi connectivity index (χ0v) is 28.2. The molecule has 1 aliphatic carbocycles. The Bertz CT molecular complexity index is 2710. The molecule has 1 unspecified atom stereocenters. The van der Waals surface area contributed by atoms with Crippen LogP contribution in [0.3, 0.4) is 0 Å².